The van der Waals surface area contributed by atoms with Gasteiger partial charge in [0.2, 0.25) is 0 Å². The molecule has 0 aromatic rings. The SMILES string of the molecule is C/C(=N\OC(=O)OC(Cl)(Cl)CCl)C(Cl)Cl. The summed E-state index contributed by atoms with van der Waals surface area (Å²) in [5.74, 6) is -0.318. The maximum atomic E-state index is 10.9. The van der Waals surface area contributed by atoms with Crippen molar-refractivity contribution in [2.45, 2.75) is 16.3 Å². The van der Waals surface area contributed by atoms with Crippen molar-refractivity contribution in [2.75, 3.05) is 5.88 Å². The minimum Gasteiger partial charge on any atom is -0.394 e. The van der Waals surface area contributed by atoms with Crippen LogP contribution in [0, 0.1) is 0 Å². The van der Waals surface area contributed by atoms with E-state index in [0.717, 1.165) is 0 Å². The van der Waals surface area contributed by atoms with Gasteiger partial charge in [0.05, 0.1) is 11.6 Å². The molecule has 0 bridgehead atoms. The molecule has 0 heterocycles. The highest BCUT2D eigenvalue weighted by Gasteiger charge is 2.29. The molecule has 0 spiro atoms. The van der Waals surface area contributed by atoms with Gasteiger partial charge < -0.3 is 4.74 Å². The molecule has 0 aliphatic heterocycles. The molecule has 9 heteroatoms. The standard InChI is InChI=1S/C6H6Cl5NO3/c1-3(4(8)9)12-15-5(13)14-6(10,11)2-7/h4H,2H2,1H3/b12-3+. The number of carbonyl (C=O) groups is 1. The van der Waals surface area contributed by atoms with Crippen LogP contribution < -0.4 is 0 Å². The molecule has 0 N–H and O–H groups in total. The van der Waals surface area contributed by atoms with Crippen LogP contribution in [-0.4, -0.2) is 27.1 Å². The summed E-state index contributed by atoms with van der Waals surface area (Å²) in [4.78, 5) is 14.2. The first kappa shape index (κ1) is 15.4. The van der Waals surface area contributed by atoms with Gasteiger partial charge in [0.15, 0.2) is 0 Å². The zero-order valence-corrected chi connectivity index (χ0v) is 11.1. The molecule has 88 valence electrons. The second-order valence-corrected chi connectivity index (χ2v) is 5.03. The Morgan fingerprint density at radius 2 is 2.00 bits per heavy atom. The Balaban J connectivity index is 4.12. The Labute approximate surface area is 111 Å². The molecular formula is C6H6Cl5NO3. The van der Waals surface area contributed by atoms with Crippen molar-refractivity contribution < 1.29 is 14.4 Å². The van der Waals surface area contributed by atoms with Crippen LogP contribution in [-0.2, 0) is 9.57 Å². The van der Waals surface area contributed by atoms with Gasteiger partial charge in [-0.15, -0.1) is 11.6 Å². The van der Waals surface area contributed by atoms with Gasteiger partial charge in [0.25, 0.3) is 4.52 Å². The van der Waals surface area contributed by atoms with Gasteiger partial charge in [-0.2, -0.15) is 0 Å². The number of alkyl halides is 5. The molecule has 15 heavy (non-hydrogen) atoms. The van der Waals surface area contributed by atoms with E-state index in [2.05, 4.69) is 14.7 Å². The summed E-state index contributed by atoms with van der Waals surface area (Å²) in [5, 5.41) is 3.26. The third-order valence-electron chi connectivity index (χ3n) is 0.968. The molecule has 0 amide bonds. The van der Waals surface area contributed by atoms with Crippen LogP contribution in [0.1, 0.15) is 6.92 Å². The monoisotopic (exact) mass is 315 g/mol. The maximum absolute atomic E-state index is 10.9. The van der Waals surface area contributed by atoms with E-state index in [1.807, 2.05) is 0 Å². The highest BCUT2D eigenvalue weighted by Crippen LogP contribution is 2.24. The van der Waals surface area contributed by atoms with Gasteiger partial charge in [-0.25, -0.2) is 4.79 Å². The fourth-order valence-electron chi connectivity index (χ4n) is 0.317. The normalized spacial score (nSPS) is 12.9. The summed E-state index contributed by atoms with van der Waals surface area (Å²) < 4.78 is 2.50. The van der Waals surface area contributed by atoms with Crippen LogP contribution in [0.2, 0.25) is 0 Å². The minimum absolute atomic E-state index is 0.177. The van der Waals surface area contributed by atoms with Crippen molar-refractivity contribution in [2.24, 2.45) is 5.16 Å². The average Bonchev–Trinajstić information content (AvgIpc) is 2.13. The fraction of sp³-hybridized carbons (Fsp3) is 0.667. The third-order valence-corrected chi connectivity index (χ3v) is 2.67. The van der Waals surface area contributed by atoms with Gasteiger partial charge in [-0.1, -0.05) is 51.6 Å². The first-order valence-electron chi connectivity index (χ1n) is 3.45. The van der Waals surface area contributed by atoms with Crippen molar-refractivity contribution in [1.82, 2.24) is 0 Å². The predicted octanol–water partition coefficient (Wildman–Crippen LogP) is 3.69. The first-order chi connectivity index (χ1) is 6.78. The topological polar surface area (TPSA) is 47.9 Å². The molecule has 0 radical (unpaired) electrons. The van der Waals surface area contributed by atoms with Crippen LogP contribution in [0.15, 0.2) is 5.16 Å². The second kappa shape index (κ2) is 6.86. The Morgan fingerprint density at radius 3 is 2.40 bits per heavy atom. The zero-order chi connectivity index (χ0) is 12.1. The lowest BCUT2D eigenvalue weighted by Crippen LogP contribution is -2.24. The lowest BCUT2D eigenvalue weighted by molar-refractivity contribution is 0.0416. The molecule has 0 saturated carbocycles. The summed E-state index contributed by atoms with van der Waals surface area (Å²) in [6, 6.07) is 0. The number of hydrogen-bond acceptors (Lipinski definition) is 4. The fourth-order valence-corrected chi connectivity index (χ4v) is 0.577. The van der Waals surface area contributed by atoms with E-state index in [1.165, 1.54) is 6.92 Å². The molecule has 0 atom stereocenters. The summed E-state index contributed by atoms with van der Waals surface area (Å²) in [6.45, 7) is 1.45. The summed E-state index contributed by atoms with van der Waals surface area (Å²) in [5.41, 5.74) is 0.177. The van der Waals surface area contributed by atoms with Gasteiger partial charge in [-0.05, 0) is 6.92 Å². The average molecular weight is 317 g/mol. The number of nitrogens with zero attached hydrogens (tertiary/aromatic N) is 1. The third kappa shape index (κ3) is 7.30. The highest BCUT2D eigenvalue weighted by molar-refractivity contribution is 6.54. The smallest absolute Gasteiger partial charge is 0.394 e. The molecule has 4 nitrogen and oxygen atoms in total. The lowest BCUT2D eigenvalue weighted by atomic mass is 10.5. The molecule has 0 aliphatic carbocycles. The molecular weight excluding hydrogens is 311 g/mol. The van der Waals surface area contributed by atoms with E-state index in [9.17, 15) is 4.79 Å². The molecule has 0 aromatic carbocycles. The quantitative estimate of drug-likeness (QED) is 0.261. The highest BCUT2D eigenvalue weighted by atomic mass is 35.5. The van der Waals surface area contributed by atoms with Crippen LogP contribution in [0.25, 0.3) is 0 Å². The summed E-state index contributed by atoms with van der Waals surface area (Å²) in [6.07, 6.45) is -1.21. The van der Waals surface area contributed by atoms with Crippen molar-refractivity contribution >= 4 is 69.9 Å². The number of rotatable bonds is 4. The second-order valence-electron chi connectivity index (χ2n) is 2.25. The Hall–Kier alpha value is 0.390. The van der Waals surface area contributed by atoms with E-state index in [-0.39, 0.29) is 11.6 Å². The van der Waals surface area contributed by atoms with Crippen molar-refractivity contribution in [3.63, 3.8) is 0 Å². The lowest BCUT2D eigenvalue weighted by Gasteiger charge is -2.14. The molecule has 0 saturated heterocycles. The van der Waals surface area contributed by atoms with E-state index in [1.54, 1.807) is 0 Å². The minimum atomic E-state index is -1.86. The van der Waals surface area contributed by atoms with Crippen LogP contribution in [0.3, 0.4) is 0 Å². The van der Waals surface area contributed by atoms with E-state index in [0.29, 0.717) is 0 Å². The largest absolute Gasteiger partial charge is 0.537 e. The summed E-state index contributed by atoms with van der Waals surface area (Å²) >= 11 is 26.9. The maximum Gasteiger partial charge on any atom is 0.537 e. The molecule has 0 unspecified atom stereocenters. The Morgan fingerprint density at radius 1 is 1.47 bits per heavy atom. The van der Waals surface area contributed by atoms with Crippen molar-refractivity contribution in [3.05, 3.63) is 0 Å². The number of ether oxygens (including phenoxy) is 1. The van der Waals surface area contributed by atoms with Gasteiger partial charge >= 0.3 is 6.16 Å². The van der Waals surface area contributed by atoms with E-state index >= 15 is 0 Å². The first-order valence-corrected chi connectivity index (χ1v) is 5.61. The molecule has 0 fully saturated rings. The molecule has 0 rings (SSSR count). The zero-order valence-electron chi connectivity index (χ0n) is 7.35. The van der Waals surface area contributed by atoms with Gasteiger partial charge in [0.1, 0.15) is 4.84 Å². The number of hydrogen-bond donors (Lipinski definition) is 0. The number of oxime groups is 1. The Kier molecular flexibility index (Phi) is 7.04. The molecule has 0 aromatic heterocycles. The summed E-state index contributed by atoms with van der Waals surface area (Å²) in [7, 11) is 0. The van der Waals surface area contributed by atoms with Crippen molar-refractivity contribution in [1.29, 1.82) is 0 Å². The van der Waals surface area contributed by atoms with Crippen LogP contribution in [0.5, 0.6) is 0 Å². The van der Waals surface area contributed by atoms with Crippen LogP contribution in [0.4, 0.5) is 4.79 Å². The molecule has 0 aliphatic rings. The number of carbonyl (C=O) groups excluding carboxylic acids is 1. The number of halogens is 5. The van der Waals surface area contributed by atoms with Gasteiger partial charge in [-0.3, -0.25) is 4.84 Å². The van der Waals surface area contributed by atoms with Gasteiger partial charge in [0, 0.05) is 0 Å². The predicted molar refractivity (Wildman–Crippen MR) is 61.3 cm³/mol. The Bertz CT molecular complexity index is 255. The van der Waals surface area contributed by atoms with Crippen molar-refractivity contribution in [3.8, 4) is 0 Å². The van der Waals surface area contributed by atoms with E-state index < -0.39 is 15.5 Å². The van der Waals surface area contributed by atoms with Crippen LogP contribution >= 0.6 is 58.0 Å². The van der Waals surface area contributed by atoms with E-state index in [4.69, 9.17) is 58.0 Å².